The molecule has 4 nitrogen and oxygen atoms in total. The minimum atomic E-state index is -0.616. The van der Waals surface area contributed by atoms with E-state index in [2.05, 4.69) is 44.4 Å². The highest BCUT2D eigenvalue weighted by Crippen LogP contribution is 2.39. The largest absolute Gasteiger partial charge is 0.336 e. The number of rotatable bonds is 18. The number of likely N-dealkylation sites (N-methyl/N-ethyl adjacent to an activating group) is 2. The molecule has 0 heterocycles. The lowest BCUT2D eigenvalue weighted by Crippen LogP contribution is -2.68. The Kier molecular flexibility index (Phi) is 13.8. The van der Waals surface area contributed by atoms with Crippen molar-refractivity contribution in [2.75, 3.05) is 26.3 Å². The zero-order valence-electron chi connectivity index (χ0n) is 22.4. The predicted molar refractivity (Wildman–Crippen MR) is 137 cm³/mol. The summed E-state index contributed by atoms with van der Waals surface area (Å²) in [6, 6.07) is 1.59. The van der Waals surface area contributed by atoms with E-state index in [0.717, 1.165) is 13.1 Å². The van der Waals surface area contributed by atoms with Crippen molar-refractivity contribution in [3.63, 3.8) is 0 Å². The van der Waals surface area contributed by atoms with Gasteiger partial charge in [0.15, 0.2) is 0 Å². The summed E-state index contributed by atoms with van der Waals surface area (Å²) in [5.74, 6) is -0.616. The summed E-state index contributed by atoms with van der Waals surface area (Å²) in [6.07, 6.45) is 19.9. The fourth-order valence-electron chi connectivity index (χ4n) is 6.60. The maximum absolute atomic E-state index is 6.80. The van der Waals surface area contributed by atoms with Crippen LogP contribution in [0.2, 0.25) is 0 Å². The van der Waals surface area contributed by atoms with Gasteiger partial charge in [-0.25, -0.2) is 4.90 Å². The molecule has 0 aromatic carbocycles. The Hall–Kier alpha value is -0.160. The molecular formula is C28H56N2O2. The Morgan fingerprint density at radius 3 is 1.72 bits per heavy atom. The summed E-state index contributed by atoms with van der Waals surface area (Å²) >= 11 is 0. The number of ether oxygens (including phenoxy) is 2. The van der Waals surface area contributed by atoms with Crippen molar-refractivity contribution in [1.82, 2.24) is 9.80 Å². The Morgan fingerprint density at radius 1 is 0.688 bits per heavy atom. The molecule has 32 heavy (non-hydrogen) atoms. The summed E-state index contributed by atoms with van der Waals surface area (Å²) in [6.45, 7) is 14.8. The summed E-state index contributed by atoms with van der Waals surface area (Å²) in [4.78, 5) is 5.45. The molecule has 0 saturated heterocycles. The third-order valence-corrected chi connectivity index (χ3v) is 8.02. The molecule has 1 atom stereocenters. The molecule has 2 aliphatic carbocycles. The van der Waals surface area contributed by atoms with Gasteiger partial charge in [0.2, 0.25) is 5.91 Å². The lowest BCUT2D eigenvalue weighted by atomic mass is 9.97. The molecule has 0 N–H and O–H groups in total. The molecule has 0 aliphatic heterocycles. The monoisotopic (exact) mass is 452 g/mol. The topological polar surface area (TPSA) is 24.9 Å². The van der Waals surface area contributed by atoms with E-state index in [0.29, 0.717) is 31.3 Å². The normalized spacial score (nSPS) is 19.6. The highest BCUT2D eigenvalue weighted by Gasteiger charge is 2.51. The van der Waals surface area contributed by atoms with Crippen LogP contribution >= 0.6 is 0 Å². The van der Waals surface area contributed by atoms with Crippen molar-refractivity contribution in [3.05, 3.63) is 0 Å². The Bertz CT molecular complexity index is 454. The van der Waals surface area contributed by atoms with Crippen LogP contribution < -0.4 is 0 Å². The summed E-state index contributed by atoms with van der Waals surface area (Å²) in [5, 5.41) is 0. The average Bonchev–Trinajstić information content (AvgIpc) is 3.51. The molecule has 2 saturated carbocycles. The van der Waals surface area contributed by atoms with E-state index in [1.54, 1.807) is 0 Å². The highest BCUT2D eigenvalue weighted by atomic mass is 16.7. The lowest BCUT2D eigenvalue weighted by molar-refractivity contribution is -0.352. The van der Waals surface area contributed by atoms with Crippen molar-refractivity contribution >= 4 is 0 Å². The van der Waals surface area contributed by atoms with Gasteiger partial charge in [-0.15, -0.1) is 0 Å². The van der Waals surface area contributed by atoms with Gasteiger partial charge in [-0.1, -0.05) is 85.0 Å². The number of hydrogen-bond acceptors (Lipinski definition) is 4. The van der Waals surface area contributed by atoms with Gasteiger partial charge in [-0.2, -0.15) is 0 Å². The molecule has 2 aliphatic rings. The molecule has 2 rings (SSSR count). The summed E-state index contributed by atoms with van der Waals surface area (Å²) < 4.78 is 13.6. The fraction of sp³-hybridized carbons (Fsp3) is 1.00. The maximum Gasteiger partial charge on any atom is 0.246 e. The lowest BCUT2D eigenvalue weighted by Gasteiger charge is -2.53. The van der Waals surface area contributed by atoms with Crippen molar-refractivity contribution in [3.8, 4) is 0 Å². The summed E-state index contributed by atoms with van der Waals surface area (Å²) in [5.41, 5.74) is 0. The molecule has 0 aromatic heterocycles. The Balaban J connectivity index is 2.33. The minimum Gasteiger partial charge on any atom is -0.336 e. The number of hydrogen-bond donors (Lipinski definition) is 0. The van der Waals surface area contributed by atoms with Crippen LogP contribution in [0.15, 0.2) is 0 Å². The van der Waals surface area contributed by atoms with Crippen LogP contribution in [-0.4, -0.2) is 60.1 Å². The zero-order valence-corrected chi connectivity index (χ0v) is 22.4. The first kappa shape index (κ1) is 28.1. The molecule has 0 amide bonds. The van der Waals surface area contributed by atoms with E-state index in [1.165, 1.54) is 96.3 Å². The molecule has 0 spiro atoms. The van der Waals surface area contributed by atoms with Gasteiger partial charge >= 0.3 is 0 Å². The van der Waals surface area contributed by atoms with Crippen molar-refractivity contribution in [2.24, 2.45) is 0 Å². The molecule has 190 valence electrons. The first-order chi connectivity index (χ1) is 15.7. The molecule has 0 bridgehead atoms. The number of nitrogens with zero attached hydrogens (tertiary/aromatic N) is 2. The molecule has 0 radical (unpaired) electrons. The van der Waals surface area contributed by atoms with E-state index in [9.17, 15) is 0 Å². The second kappa shape index (κ2) is 15.7. The van der Waals surface area contributed by atoms with Crippen LogP contribution in [0.1, 0.15) is 131 Å². The van der Waals surface area contributed by atoms with Gasteiger partial charge < -0.3 is 9.47 Å². The van der Waals surface area contributed by atoms with Crippen LogP contribution in [0, 0.1) is 0 Å². The van der Waals surface area contributed by atoms with Gasteiger partial charge in [-0.3, -0.25) is 4.90 Å². The van der Waals surface area contributed by atoms with E-state index in [4.69, 9.17) is 9.47 Å². The van der Waals surface area contributed by atoms with Crippen LogP contribution in [0.5, 0.6) is 0 Å². The molecule has 1 unspecified atom stereocenters. The first-order valence-electron chi connectivity index (χ1n) is 14.5. The third-order valence-electron chi connectivity index (χ3n) is 8.02. The van der Waals surface area contributed by atoms with Crippen LogP contribution in [0.4, 0.5) is 0 Å². The maximum atomic E-state index is 6.80. The van der Waals surface area contributed by atoms with Gasteiger partial charge in [0, 0.05) is 31.8 Å². The summed E-state index contributed by atoms with van der Waals surface area (Å²) in [7, 11) is 0. The van der Waals surface area contributed by atoms with Crippen LogP contribution in [-0.2, 0) is 9.47 Å². The van der Waals surface area contributed by atoms with E-state index in [-0.39, 0.29) is 0 Å². The second-order valence-corrected chi connectivity index (χ2v) is 10.1. The SMILES string of the molecule is CCCCCCCCC(N(CC)C1CCCC1)C(OCC)(OCC)N(CC)C1CCCC1. The Labute approximate surface area is 200 Å². The van der Waals surface area contributed by atoms with Crippen LogP contribution in [0.25, 0.3) is 0 Å². The van der Waals surface area contributed by atoms with E-state index < -0.39 is 5.91 Å². The van der Waals surface area contributed by atoms with Crippen molar-refractivity contribution < 1.29 is 9.47 Å². The molecule has 2 fully saturated rings. The Morgan fingerprint density at radius 2 is 1.22 bits per heavy atom. The van der Waals surface area contributed by atoms with Gasteiger partial charge in [0.05, 0.1) is 6.04 Å². The zero-order chi connectivity index (χ0) is 23.2. The van der Waals surface area contributed by atoms with Gasteiger partial charge in [0.1, 0.15) is 0 Å². The standard InChI is InChI=1S/C28H56N2O2/c1-6-11-12-13-14-15-24-27(29(7-2)25-20-16-17-21-25)28(31-9-4,32-10-5)30(8-3)26-22-18-19-23-26/h25-27H,6-24H2,1-5H3. The molecule has 4 heteroatoms. The average molecular weight is 453 g/mol. The molecule has 0 aromatic rings. The third kappa shape index (κ3) is 7.42. The van der Waals surface area contributed by atoms with Gasteiger partial charge in [0.25, 0.3) is 0 Å². The number of unbranched alkanes of at least 4 members (excludes halogenated alkanes) is 5. The predicted octanol–water partition coefficient (Wildman–Crippen LogP) is 7.36. The minimum absolute atomic E-state index is 0.308. The van der Waals surface area contributed by atoms with E-state index in [1.807, 2.05) is 0 Å². The second-order valence-electron chi connectivity index (χ2n) is 10.1. The molecular weight excluding hydrogens is 396 g/mol. The highest BCUT2D eigenvalue weighted by molar-refractivity contribution is 4.95. The van der Waals surface area contributed by atoms with Crippen molar-refractivity contribution in [2.45, 2.75) is 155 Å². The quantitative estimate of drug-likeness (QED) is 0.160. The first-order valence-corrected chi connectivity index (χ1v) is 14.5. The smallest absolute Gasteiger partial charge is 0.246 e. The van der Waals surface area contributed by atoms with Crippen LogP contribution in [0.3, 0.4) is 0 Å². The fourth-order valence-corrected chi connectivity index (χ4v) is 6.60. The van der Waals surface area contributed by atoms with Gasteiger partial charge in [-0.05, 0) is 52.5 Å². The van der Waals surface area contributed by atoms with Crippen molar-refractivity contribution in [1.29, 1.82) is 0 Å². The van der Waals surface area contributed by atoms with E-state index >= 15 is 0 Å².